The van der Waals surface area contributed by atoms with Crippen LogP contribution in [0.3, 0.4) is 0 Å². The number of carbonyl (C=O) groups is 1. The van der Waals surface area contributed by atoms with Gasteiger partial charge in [-0.2, -0.15) is 0 Å². The lowest BCUT2D eigenvalue weighted by Crippen LogP contribution is -2.09. The van der Waals surface area contributed by atoms with E-state index in [4.69, 9.17) is 5.11 Å². The van der Waals surface area contributed by atoms with Crippen LogP contribution in [0.25, 0.3) is 0 Å². The number of nitrogens with zero attached hydrogens (tertiary/aromatic N) is 2. The summed E-state index contributed by atoms with van der Waals surface area (Å²) < 4.78 is 1.61. The van der Waals surface area contributed by atoms with Crippen LogP contribution in [-0.4, -0.2) is 20.6 Å². The van der Waals surface area contributed by atoms with Crippen LogP contribution in [0.4, 0.5) is 0 Å². The van der Waals surface area contributed by atoms with E-state index in [1.54, 1.807) is 10.8 Å². The molecule has 0 unspecified atom stereocenters. The summed E-state index contributed by atoms with van der Waals surface area (Å²) >= 11 is 0. The Kier molecular flexibility index (Phi) is 4.08. The van der Waals surface area contributed by atoms with Crippen LogP contribution >= 0.6 is 12.4 Å². The average Bonchev–Trinajstić information content (AvgIpc) is 2.67. The van der Waals surface area contributed by atoms with Crippen LogP contribution < -0.4 is 0 Å². The van der Waals surface area contributed by atoms with Gasteiger partial charge in [-0.25, -0.2) is 9.78 Å². The molecule has 0 bridgehead atoms. The van der Waals surface area contributed by atoms with E-state index in [9.17, 15) is 4.79 Å². The van der Waals surface area contributed by atoms with E-state index in [2.05, 4.69) is 4.98 Å². The second kappa shape index (κ2) is 5.32. The molecule has 84 valence electrons. The molecule has 0 amide bonds. The molecule has 0 aliphatic rings. The van der Waals surface area contributed by atoms with Crippen molar-refractivity contribution in [3.8, 4) is 0 Å². The summed E-state index contributed by atoms with van der Waals surface area (Å²) in [6.07, 6.45) is 3.16. The average molecular weight is 239 g/mol. The third-order valence-electron chi connectivity index (χ3n) is 2.10. The zero-order valence-corrected chi connectivity index (χ0v) is 9.22. The summed E-state index contributed by atoms with van der Waals surface area (Å²) in [6, 6.07) is 9.67. The molecule has 16 heavy (non-hydrogen) atoms. The van der Waals surface area contributed by atoms with Gasteiger partial charge in [-0.3, -0.25) is 0 Å². The largest absolute Gasteiger partial charge is 0.475 e. The highest BCUT2D eigenvalue weighted by atomic mass is 35.5. The maximum atomic E-state index is 10.8. The Balaban J connectivity index is 0.00000128. The molecule has 1 heterocycles. The molecule has 0 aliphatic heterocycles. The first-order valence-corrected chi connectivity index (χ1v) is 4.56. The highest BCUT2D eigenvalue weighted by Gasteiger charge is 2.10. The van der Waals surface area contributed by atoms with E-state index in [-0.39, 0.29) is 18.2 Å². The molecule has 0 atom stereocenters. The smallest absolute Gasteiger partial charge is 0.372 e. The van der Waals surface area contributed by atoms with Crippen LogP contribution in [0.1, 0.15) is 16.2 Å². The van der Waals surface area contributed by atoms with Crippen molar-refractivity contribution >= 4 is 18.4 Å². The van der Waals surface area contributed by atoms with Crippen LogP contribution in [0, 0.1) is 0 Å². The van der Waals surface area contributed by atoms with E-state index in [0.717, 1.165) is 5.56 Å². The van der Waals surface area contributed by atoms with Gasteiger partial charge in [0.25, 0.3) is 0 Å². The second-order valence-electron chi connectivity index (χ2n) is 3.17. The first-order valence-electron chi connectivity index (χ1n) is 4.56. The Morgan fingerprint density at radius 2 is 2.00 bits per heavy atom. The van der Waals surface area contributed by atoms with Gasteiger partial charge in [0.1, 0.15) is 0 Å². The molecular weight excluding hydrogens is 228 g/mol. The highest BCUT2D eigenvalue weighted by molar-refractivity contribution is 5.85. The fourth-order valence-corrected chi connectivity index (χ4v) is 1.41. The summed E-state index contributed by atoms with van der Waals surface area (Å²) in [5.41, 5.74) is 1.05. The van der Waals surface area contributed by atoms with Gasteiger partial charge in [0, 0.05) is 18.9 Å². The predicted octanol–water partition coefficient (Wildman–Crippen LogP) is 2.05. The standard InChI is InChI=1S/C11H10N2O2.ClH/c14-11(15)10-12-6-7-13(10)8-9-4-2-1-3-5-9;/h1-7H,8H2,(H,14,15);1H. The van der Waals surface area contributed by atoms with Crippen molar-refractivity contribution in [2.75, 3.05) is 0 Å². The van der Waals surface area contributed by atoms with Crippen molar-refractivity contribution in [1.82, 2.24) is 9.55 Å². The Bertz CT molecular complexity index is 468. The molecular formula is C11H11ClN2O2. The zero-order valence-electron chi connectivity index (χ0n) is 8.41. The van der Waals surface area contributed by atoms with Crippen molar-refractivity contribution in [2.45, 2.75) is 6.54 Å². The van der Waals surface area contributed by atoms with E-state index >= 15 is 0 Å². The molecule has 0 saturated heterocycles. The third kappa shape index (κ3) is 2.61. The van der Waals surface area contributed by atoms with Crippen molar-refractivity contribution in [1.29, 1.82) is 0 Å². The van der Waals surface area contributed by atoms with Crippen LogP contribution in [0.2, 0.25) is 0 Å². The molecule has 2 aromatic rings. The van der Waals surface area contributed by atoms with Crippen molar-refractivity contribution in [3.05, 3.63) is 54.1 Å². The van der Waals surface area contributed by atoms with Gasteiger partial charge in [-0.1, -0.05) is 30.3 Å². The number of halogens is 1. The lowest BCUT2D eigenvalue weighted by molar-refractivity contribution is 0.0679. The molecule has 1 aromatic heterocycles. The monoisotopic (exact) mass is 238 g/mol. The summed E-state index contributed by atoms with van der Waals surface area (Å²) in [5.74, 6) is -0.935. The van der Waals surface area contributed by atoms with E-state index < -0.39 is 5.97 Å². The van der Waals surface area contributed by atoms with Gasteiger partial charge in [-0.05, 0) is 5.56 Å². The number of imidazole rings is 1. The maximum absolute atomic E-state index is 10.8. The van der Waals surface area contributed by atoms with E-state index in [1.807, 2.05) is 30.3 Å². The first kappa shape index (κ1) is 12.3. The molecule has 0 spiro atoms. The van der Waals surface area contributed by atoms with E-state index in [1.165, 1.54) is 6.20 Å². The molecule has 0 saturated carbocycles. The molecule has 2 rings (SSSR count). The number of rotatable bonds is 3. The maximum Gasteiger partial charge on any atom is 0.372 e. The van der Waals surface area contributed by atoms with Crippen molar-refractivity contribution in [3.63, 3.8) is 0 Å². The molecule has 0 fully saturated rings. The van der Waals surface area contributed by atoms with Crippen LogP contribution in [0.5, 0.6) is 0 Å². The first-order chi connectivity index (χ1) is 7.27. The Hall–Kier alpha value is -1.81. The fraction of sp³-hybridized carbons (Fsp3) is 0.0909. The minimum atomic E-state index is -1.00. The lowest BCUT2D eigenvalue weighted by atomic mass is 10.2. The third-order valence-corrected chi connectivity index (χ3v) is 2.10. The van der Waals surface area contributed by atoms with Gasteiger partial charge in [0.15, 0.2) is 0 Å². The number of aromatic nitrogens is 2. The molecule has 4 nitrogen and oxygen atoms in total. The van der Waals surface area contributed by atoms with Gasteiger partial charge >= 0.3 is 5.97 Å². The topological polar surface area (TPSA) is 55.1 Å². The highest BCUT2D eigenvalue weighted by Crippen LogP contribution is 2.05. The number of hydrogen-bond acceptors (Lipinski definition) is 2. The zero-order chi connectivity index (χ0) is 10.7. The minimum absolute atomic E-state index is 0. The quantitative estimate of drug-likeness (QED) is 0.891. The van der Waals surface area contributed by atoms with Gasteiger partial charge < -0.3 is 9.67 Å². The summed E-state index contributed by atoms with van der Waals surface area (Å²) in [5, 5.41) is 8.85. The van der Waals surface area contributed by atoms with Gasteiger partial charge in [-0.15, -0.1) is 12.4 Å². The Morgan fingerprint density at radius 3 is 2.62 bits per heavy atom. The van der Waals surface area contributed by atoms with Crippen molar-refractivity contribution < 1.29 is 9.90 Å². The summed E-state index contributed by atoms with van der Waals surface area (Å²) in [6.45, 7) is 0.530. The van der Waals surface area contributed by atoms with E-state index in [0.29, 0.717) is 6.54 Å². The normalized spacial score (nSPS) is 9.50. The van der Waals surface area contributed by atoms with Gasteiger partial charge in [0.2, 0.25) is 5.82 Å². The SMILES string of the molecule is Cl.O=C(O)c1nccn1Cc1ccccc1. The van der Waals surface area contributed by atoms with Crippen LogP contribution in [0.15, 0.2) is 42.7 Å². The second-order valence-corrected chi connectivity index (χ2v) is 3.17. The molecule has 1 aromatic carbocycles. The Morgan fingerprint density at radius 1 is 1.31 bits per heavy atom. The molecule has 0 radical (unpaired) electrons. The molecule has 1 N–H and O–H groups in total. The Labute approximate surface area is 99.0 Å². The number of carboxylic acids is 1. The number of carboxylic acid groups (broad SMARTS) is 1. The number of aromatic carboxylic acids is 1. The number of hydrogen-bond donors (Lipinski definition) is 1. The van der Waals surface area contributed by atoms with Crippen molar-refractivity contribution in [2.24, 2.45) is 0 Å². The van der Waals surface area contributed by atoms with Gasteiger partial charge in [0.05, 0.1) is 0 Å². The molecule has 0 aliphatic carbocycles. The minimum Gasteiger partial charge on any atom is -0.475 e. The van der Waals surface area contributed by atoms with Crippen LogP contribution in [-0.2, 0) is 6.54 Å². The lowest BCUT2D eigenvalue weighted by Gasteiger charge is -2.04. The number of benzene rings is 1. The predicted molar refractivity (Wildman–Crippen MR) is 62.0 cm³/mol. The fourth-order valence-electron chi connectivity index (χ4n) is 1.41. The summed E-state index contributed by atoms with van der Waals surface area (Å²) in [7, 11) is 0. The summed E-state index contributed by atoms with van der Waals surface area (Å²) in [4.78, 5) is 14.6. The molecule has 5 heteroatoms.